The Morgan fingerprint density at radius 2 is 2.50 bits per heavy atom. The maximum Gasteiger partial charge on any atom is 0.190 e. The van der Waals surface area contributed by atoms with Crippen LogP contribution in [0.15, 0.2) is 21.2 Å². The standard InChI is InChI=1S/C5H3ClN4S2/c6-3-1-11-5(9-3)12-4-7-2-8-10-4/h1-2H,(H,7,8,10). The third-order valence-electron chi connectivity index (χ3n) is 1.03. The van der Waals surface area contributed by atoms with Gasteiger partial charge in [-0.1, -0.05) is 11.6 Å². The lowest BCUT2D eigenvalue weighted by Gasteiger charge is -1.86. The largest absolute Gasteiger partial charge is 0.254 e. The van der Waals surface area contributed by atoms with Gasteiger partial charge in [-0.15, -0.1) is 11.3 Å². The average molecular weight is 219 g/mol. The van der Waals surface area contributed by atoms with E-state index < -0.39 is 0 Å². The van der Waals surface area contributed by atoms with Crippen LogP contribution < -0.4 is 0 Å². The summed E-state index contributed by atoms with van der Waals surface area (Å²) in [6.45, 7) is 0. The number of aromatic amines is 1. The summed E-state index contributed by atoms with van der Waals surface area (Å²) in [6.07, 6.45) is 1.46. The normalized spacial score (nSPS) is 10.4. The molecule has 0 aliphatic carbocycles. The molecule has 1 N–H and O–H groups in total. The molecule has 0 unspecified atom stereocenters. The van der Waals surface area contributed by atoms with Gasteiger partial charge in [0.05, 0.1) is 0 Å². The van der Waals surface area contributed by atoms with Crippen molar-refractivity contribution in [1.82, 2.24) is 20.2 Å². The minimum Gasteiger partial charge on any atom is -0.254 e. The number of thiazole rings is 1. The molecule has 2 heterocycles. The molecule has 0 amide bonds. The molecular weight excluding hydrogens is 216 g/mol. The molecule has 2 aromatic rings. The first-order chi connectivity index (χ1) is 5.84. The van der Waals surface area contributed by atoms with E-state index >= 15 is 0 Å². The molecular formula is C5H3ClN4S2. The van der Waals surface area contributed by atoms with E-state index in [2.05, 4.69) is 20.2 Å². The molecule has 0 aliphatic rings. The molecule has 4 nitrogen and oxygen atoms in total. The first kappa shape index (κ1) is 8.03. The van der Waals surface area contributed by atoms with Crippen molar-refractivity contribution in [2.45, 2.75) is 9.50 Å². The van der Waals surface area contributed by atoms with E-state index in [0.29, 0.717) is 5.15 Å². The van der Waals surface area contributed by atoms with E-state index in [4.69, 9.17) is 11.6 Å². The molecule has 0 aromatic carbocycles. The fourth-order valence-electron chi connectivity index (χ4n) is 0.612. The van der Waals surface area contributed by atoms with Gasteiger partial charge in [-0.2, -0.15) is 5.10 Å². The Kier molecular flexibility index (Phi) is 2.29. The number of hydrogen-bond donors (Lipinski definition) is 1. The van der Waals surface area contributed by atoms with Crippen LogP contribution in [0.4, 0.5) is 0 Å². The molecule has 0 fully saturated rings. The number of rotatable bonds is 2. The quantitative estimate of drug-likeness (QED) is 0.839. The lowest BCUT2D eigenvalue weighted by molar-refractivity contribution is 0.972. The van der Waals surface area contributed by atoms with E-state index in [1.165, 1.54) is 29.4 Å². The minimum absolute atomic E-state index is 0.516. The highest BCUT2D eigenvalue weighted by Gasteiger charge is 2.03. The number of halogens is 1. The van der Waals surface area contributed by atoms with Crippen molar-refractivity contribution in [1.29, 1.82) is 0 Å². The summed E-state index contributed by atoms with van der Waals surface area (Å²) in [5.74, 6) is 0. The van der Waals surface area contributed by atoms with Crippen molar-refractivity contribution < 1.29 is 0 Å². The number of aromatic nitrogens is 4. The summed E-state index contributed by atoms with van der Waals surface area (Å²) < 4.78 is 0.858. The zero-order valence-corrected chi connectivity index (χ0v) is 8.08. The van der Waals surface area contributed by atoms with Gasteiger partial charge in [0, 0.05) is 5.38 Å². The first-order valence-electron chi connectivity index (χ1n) is 2.99. The molecule has 7 heteroatoms. The van der Waals surface area contributed by atoms with Gasteiger partial charge in [0.15, 0.2) is 9.50 Å². The van der Waals surface area contributed by atoms with Gasteiger partial charge in [-0.05, 0) is 11.8 Å². The molecule has 0 aliphatic heterocycles. The molecule has 0 radical (unpaired) electrons. The van der Waals surface area contributed by atoms with Crippen molar-refractivity contribution in [2.24, 2.45) is 0 Å². The molecule has 12 heavy (non-hydrogen) atoms. The van der Waals surface area contributed by atoms with Gasteiger partial charge in [0.2, 0.25) is 0 Å². The van der Waals surface area contributed by atoms with Crippen LogP contribution in [0.2, 0.25) is 5.15 Å². The Morgan fingerprint density at radius 3 is 3.08 bits per heavy atom. The number of hydrogen-bond acceptors (Lipinski definition) is 5. The van der Waals surface area contributed by atoms with Crippen LogP contribution in [0.1, 0.15) is 0 Å². The van der Waals surface area contributed by atoms with Crippen LogP contribution in [0, 0.1) is 0 Å². The molecule has 62 valence electrons. The molecule has 0 spiro atoms. The van der Waals surface area contributed by atoms with Gasteiger partial charge in [-0.25, -0.2) is 9.97 Å². The van der Waals surface area contributed by atoms with Crippen molar-refractivity contribution >= 4 is 34.7 Å². The van der Waals surface area contributed by atoms with Gasteiger partial charge in [0.1, 0.15) is 11.5 Å². The fourth-order valence-corrected chi connectivity index (χ4v) is 2.41. The van der Waals surface area contributed by atoms with Crippen molar-refractivity contribution in [3.05, 3.63) is 16.9 Å². The molecule has 2 rings (SSSR count). The van der Waals surface area contributed by atoms with Gasteiger partial charge in [0.25, 0.3) is 0 Å². The Hall–Kier alpha value is -0.590. The van der Waals surface area contributed by atoms with Crippen LogP contribution in [0.25, 0.3) is 0 Å². The predicted octanol–water partition coefficient (Wildman–Crippen LogP) is 2.07. The summed E-state index contributed by atoms with van der Waals surface area (Å²) >= 11 is 8.53. The van der Waals surface area contributed by atoms with E-state index in [9.17, 15) is 0 Å². The van der Waals surface area contributed by atoms with Gasteiger partial charge in [-0.3, -0.25) is 5.10 Å². The Morgan fingerprint density at radius 1 is 1.58 bits per heavy atom. The minimum atomic E-state index is 0.516. The molecule has 0 saturated carbocycles. The summed E-state index contributed by atoms with van der Waals surface area (Å²) in [5.41, 5.74) is 0. The summed E-state index contributed by atoms with van der Waals surface area (Å²) in [4.78, 5) is 7.99. The zero-order chi connectivity index (χ0) is 8.39. The van der Waals surface area contributed by atoms with Crippen LogP contribution in [-0.2, 0) is 0 Å². The van der Waals surface area contributed by atoms with E-state index in [-0.39, 0.29) is 0 Å². The number of H-pyrrole nitrogens is 1. The second kappa shape index (κ2) is 3.42. The second-order valence-electron chi connectivity index (χ2n) is 1.83. The maximum atomic E-state index is 5.64. The maximum absolute atomic E-state index is 5.64. The van der Waals surface area contributed by atoms with Crippen LogP contribution >= 0.6 is 34.7 Å². The topological polar surface area (TPSA) is 54.5 Å². The Labute approximate surface area is 81.4 Å². The smallest absolute Gasteiger partial charge is 0.190 e. The zero-order valence-electron chi connectivity index (χ0n) is 5.69. The Balaban J connectivity index is 2.14. The predicted molar refractivity (Wildman–Crippen MR) is 47.6 cm³/mol. The fraction of sp³-hybridized carbons (Fsp3) is 0. The highest BCUT2D eigenvalue weighted by Crippen LogP contribution is 2.28. The van der Waals surface area contributed by atoms with E-state index in [0.717, 1.165) is 9.50 Å². The van der Waals surface area contributed by atoms with Crippen LogP contribution in [0.3, 0.4) is 0 Å². The molecule has 0 saturated heterocycles. The number of nitrogens with one attached hydrogen (secondary N) is 1. The highest BCUT2D eigenvalue weighted by molar-refractivity contribution is 8.00. The lowest BCUT2D eigenvalue weighted by Crippen LogP contribution is -1.74. The second-order valence-corrected chi connectivity index (χ2v) is 4.31. The van der Waals surface area contributed by atoms with Crippen molar-refractivity contribution in [2.75, 3.05) is 0 Å². The third-order valence-corrected chi connectivity index (χ3v) is 3.18. The summed E-state index contributed by atoms with van der Waals surface area (Å²) in [5, 5.41) is 9.45. The van der Waals surface area contributed by atoms with E-state index in [1.807, 2.05) is 0 Å². The lowest BCUT2D eigenvalue weighted by atomic mass is 11.0. The first-order valence-corrected chi connectivity index (χ1v) is 5.06. The number of nitrogens with zero attached hydrogens (tertiary/aromatic N) is 3. The molecule has 0 atom stereocenters. The summed E-state index contributed by atoms with van der Waals surface area (Å²) in [6, 6.07) is 0. The van der Waals surface area contributed by atoms with Gasteiger partial charge >= 0.3 is 0 Å². The Bertz CT molecular complexity index is 357. The summed E-state index contributed by atoms with van der Waals surface area (Å²) in [7, 11) is 0. The monoisotopic (exact) mass is 218 g/mol. The van der Waals surface area contributed by atoms with Crippen molar-refractivity contribution in [3.63, 3.8) is 0 Å². The molecule has 2 aromatic heterocycles. The molecule has 0 bridgehead atoms. The van der Waals surface area contributed by atoms with Crippen molar-refractivity contribution in [3.8, 4) is 0 Å². The van der Waals surface area contributed by atoms with Crippen LogP contribution in [-0.4, -0.2) is 20.2 Å². The average Bonchev–Trinajstić information content (AvgIpc) is 2.63. The third kappa shape index (κ3) is 1.77. The SMILES string of the molecule is Clc1csc(Sc2ncn[nH]2)n1. The highest BCUT2D eigenvalue weighted by atomic mass is 35.5. The van der Waals surface area contributed by atoms with Gasteiger partial charge < -0.3 is 0 Å². The van der Waals surface area contributed by atoms with Crippen LogP contribution in [0.5, 0.6) is 0 Å². The van der Waals surface area contributed by atoms with E-state index in [1.54, 1.807) is 5.38 Å².